The molecule has 0 atom stereocenters. The van der Waals surface area contributed by atoms with Crippen molar-refractivity contribution in [2.45, 2.75) is 13.3 Å². The summed E-state index contributed by atoms with van der Waals surface area (Å²) in [6.07, 6.45) is 4.54. The van der Waals surface area contributed by atoms with Gasteiger partial charge in [0.05, 0.1) is 22.7 Å². The van der Waals surface area contributed by atoms with Crippen LogP contribution >= 0.6 is 11.3 Å². The summed E-state index contributed by atoms with van der Waals surface area (Å²) in [4.78, 5) is 14.2. The monoisotopic (exact) mass is 312 g/mol. The molecule has 0 aliphatic carbocycles. The normalized spacial score (nSPS) is 10.5. The van der Waals surface area contributed by atoms with Crippen LogP contribution in [-0.4, -0.2) is 22.1 Å². The molecule has 6 heteroatoms. The molecular formula is C16H16N4OS. The number of hydrogen-bond acceptors (Lipinski definition) is 6. The Morgan fingerprint density at radius 1 is 1.23 bits per heavy atom. The summed E-state index contributed by atoms with van der Waals surface area (Å²) in [7, 11) is 1.64. The maximum atomic E-state index is 5.21. The van der Waals surface area contributed by atoms with Gasteiger partial charge in [0.25, 0.3) is 0 Å². The molecule has 0 saturated carbocycles. The Labute approximate surface area is 133 Å². The van der Waals surface area contributed by atoms with Crippen LogP contribution in [0, 0.1) is 0 Å². The van der Waals surface area contributed by atoms with Gasteiger partial charge in [-0.2, -0.15) is 0 Å². The summed E-state index contributed by atoms with van der Waals surface area (Å²) >= 11 is 1.66. The first-order valence-corrected chi connectivity index (χ1v) is 7.79. The van der Waals surface area contributed by atoms with Crippen molar-refractivity contribution in [1.82, 2.24) is 15.0 Å². The number of ether oxygens (including phenoxy) is 1. The predicted octanol–water partition coefficient (Wildman–Crippen LogP) is 3.91. The van der Waals surface area contributed by atoms with Crippen LogP contribution < -0.4 is 10.1 Å². The number of rotatable bonds is 5. The molecule has 0 aliphatic heterocycles. The average Bonchev–Trinajstić information content (AvgIpc) is 3.04. The first-order valence-electron chi connectivity index (χ1n) is 6.97. The van der Waals surface area contributed by atoms with Crippen molar-refractivity contribution < 1.29 is 4.74 Å². The Morgan fingerprint density at radius 3 is 2.91 bits per heavy atom. The highest BCUT2D eigenvalue weighted by Gasteiger charge is 2.07. The highest BCUT2D eigenvalue weighted by Crippen LogP contribution is 2.26. The van der Waals surface area contributed by atoms with Crippen molar-refractivity contribution in [3.8, 4) is 16.3 Å². The standard InChI is InChI=1S/C16H16N4OS/c1-3-15-18-10-14(22-15)13-7-8-17-16(20-13)19-11-5-4-6-12(9-11)21-2/h4-10H,3H2,1-2H3,(H,17,19,20). The molecular weight excluding hydrogens is 296 g/mol. The first kappa shape index (κ1) is 14.5. The van der Waals surface area contributed by atoms with Crippen LogP contribution in [0.3, 0.4) is 0 Å². The van der Waals surface area contributed by atoms with Gasteiger partial charge in [0.2, 0.25) is 5.95 Å². The van der Waals surface area contributed by atoms with E-state index in [1.165, 1.54) is 0 Å². The van der Waals surface area contributed by atoms with Gasteiger partial charge in [-0.3, -0.25) is 0 Å². The second kappa shape index (κ2) is 6.53. The quantitative estimate of drug-likeness (QED) is 0.774. The van der Waals surface area contributed by atoms with Gasteiger partial charge in [0.15, 0.2) is 0 Å². The Morgan fingerprint density at radius 2 is 2.14 bits per heavy atom. The maximum Gasteiger partial charge on any atom is 0.227 e. The van der Waals surface area contributed by atoms with Gasteiger partial charge >= 0.3 is 0 Å². The largest absolute Gasteiger partial charge is 0.497 e. The van der Waals surface area contributed by atoms with Crippen molar-refractivity contribution in [2.24, 2.45) is 0 Å². The molecule has 0 fully saturated rings. The second-order valence-electron chi connectivity index (χ2n) is 4.59. The number of methoxy groups -OCH3 is 1. The van der Waals surface area contributed by atoms with Crippen molar-refractivity contribution in [2.75, 3.05) is 12.4 Å². The summed E-state index contributed by atoms with van der Waals surface area (Å²) in [5, 5.41) is 4.30. The predicted molar refractivity (Wildman–Crippen MR) is 88.8 cm³/mol. The molecule has 0 radical (unpaired) electrons. The summed E-state index contributed by atoms with van der Waals surface area (Å²) in [5.41, 5.74) is 1.76. The third-order valence-corrected chi connectivity index (χ3v) is 4.25. The summed E-state index contributed by atoms with van der Waals surface area (Å²) in [5.74, 6) is 1.34. The van der Waals surface area contributed by atoms with Gasteiger partial charge in [0.1, 0.15) is 5.75 Å². The zero-order chi connectivity index (χ0) is 15.4. The number of aromatic nitrogens is 3. The van der Waals surface area contributed by atoms with Crippen LogP contribution in [0.5, 0.6) is 5.75 Å². The second-order valence-corrected chi connectivity index (χ2v) is 5.71. The van der Waals surface area contributed by atoms with Crippen LogP contribution in [-0.2, 0) is 6.42 Å². The number of hydrogen-bond donors (Lipinski definition) is 1. The van der Waals surface area contributed by atoms with E-state index in [0.717, 1.165) is 33.4 Å². The van der Waals surface area contributed by atoms with Gasteiger partial charge in [0, 0.05) is 24.1 Å². The van der Waals surface area contributed by atoms with E-state index in [4.69, 9.17) is 4.74 Å². The van der Waals surface area contributed by atoms with Gasteiger partial charge < -0.3 is 10.1 Å². The molecule has 1 N–H and O–H groups in total. The highest BCUT2D eigenvalue weighted by atomic mass is 32.1. The van der Waals surface area contributed by atoms with Crippen LogP contribution in [0.15, 0.2) is 42.7 Å². The van der Waals surface area contributed by atoms with E-state index >= 15 is 0 Å². The van der Waals surface area contributed by atoms with Gasteiger partial charge in [-0.25, -0.2) is 15.0 Å². The molecule has 3 aromatic rings. The molecule has 1 aromatic carbocycles. The number of nitrogens with zero attached hydrogens (tertiary/aromatic N) is 3. The highest BCUT2D eigenvalue weighted by molar-refractivity contribution is 7.15. The Kier molecular flexibility index (Phi) is 4.29. The maximum absolute atomic E-state index is 5.21. The van der Waals surface area contributed by atoms with Crippen LogP contribution in [0.2, 0.25) is 0 Å². The van der Waals surface area contributed by atoms with Crippen LogP contribution in [0.4, 0.5) is 11.6 Å². The molecule has 0 saturated heterocycles. The van der Waals surface area contributed by atoms with Crippen LogP contribution in [0.25, 0.3) is 10.6 Å². The third-order valence-electron chi connectivity index (χ3n) is 3.09. The summed E-state index contributed by atoms with van der Waals surface area (Å²) < 4.78 is 5.21. The van der Waals surface area contributed by atoms with E-state index in [-0.39, 0.29) is 0 Å². The lowest BCUT2D eigenvalue weighted by atomic mass is 10.3. The number of anilines is 2. The topological polar surface area (TPSA) is 59.9 Å². The molecule has 2 heterocycles. The minimum atomic E-state index is 0.553. The molecule has 5 nitrogen and oxygen atoms in total. The van der Waals surface area contributed by atoms with E-state index in [2.05, 4.69) is 27.2 Å². The molecule has 0 bridgehead atoms. The Bertz CT molecular complexity index is 772. The van der Waals surface area contributed by atoms with Crippen molar-refractivity contribution in [1.29, 1.82) is 0 Å². The summed E-state index contributed by atoms with van der Waals surface area (Å²) in [6, 6.07) is 9.55. The molecule has 2 aromatic heterocycles. The molecule has 0 amide bonds. The van der Waals surface area contributed by atoms with Gasteiger partial charge in [-0.15, -0.1) is 11.3 Å². The van der Waals surface area contributed by atoms with Gasteiger partial charge in [-0.1, -0.05) is 13.0 Å². The fraction of sp³-hybridized carbons (Fsp3) is 0.188. The van der Waals surface area contributed by atoms with E-state index < -0.39 is 0 Å². The number of benzene rings is 1. The van der Waals surface area contributed by atoms with Gasteiger partial charge in [-0.05, 0) is 24.6 Å². The average molecular weight is 312 g/mol. The van der Waals surface area contributed by atoms with E-state index in [9.17, 15) is 0 Å². The minimum absolute atomic E-state index is 0.553. The van der Waals surface area contributed by atoms with E-state index in [0.29, 0.717) is 5.95 Å². The lowest BCUT2D eigenvalue weighted by molar-refractivity contribution is 0.415. The first-order chi connectivity index (χ1) is 10.8. The van der Waals surface area contributed by atoms with E-state index in [1.807, 2.05) is 36.5 Å². The number of aryl methyl sites for hydroxylation is 1. The summed E-state index contributed by atoms with van der Waals surface area (Å²) in [6.45, 7) is 2.10. The van der Waals surface area contributed by atoms with Crippen molar-refractivity contribution in [3.63, 3.8) is 0 Å². The third kappa shape index (κ3) is 3.23. The fourth-order valence-electron chi connectivity index (χ4n) is 1.98. The van der Waals surface area contributed by atoms with E-state index in [1.54, 1.807) is 24.6 Å². The molecule has 22 heavy (non-hydrogen) atoms. The van der Waals surface area contributed by atoms with Crippen molar-refractivity contribution in [3.05, 3.63) is 47.7 Å². The fourth-order valence-corrected chi connectivity index (χ4v) is 2.81. The van der Waals surface area contributed by atoms with Crippen molar-refractivity contribution >= 4 is 23.0 Å². The molecule has 0 aliphatic rings. The zero-order valence-corrected chi connectivity index (χ0v) is 13.2. The Balaban J connectivity index is 1.84. The lowest BCUT2D eigenvalue weighted by Crippen LogP contribution is -1.97. The molecule has 0 spiro atoms. The smallest absolute Gasteiger partial charge is 0.227 e. The SMILES string of the molecule is CCc1ncc(-c2ccnc(Nc3cccc(OC)c3)n2)s1. The molecule has 0 unspecified atom stereocenters. The minimum Gasteiger partial charge on any atom is -0.497 e. The molecule has 112 valence electrons. The Hall–Kier alpha value is -2.47. The number of nitrogens with one attached hydrogen (secondary N) is 1. The number of thiazole rings is 1. The zero-order valence-electron chi connectivity index (χ0n) is 12.4. The van der Waals surface area contributed by atoms with Crippen LogP contribution in [0.1, 0.15) is 11.9 Å². The lowest BCUT2D eigenvalue weighted by Gasteiger charge is -2.07. The molecule has 3 rings (SSSR count).